The first kappa shape index (κ1) is 20.4. The lowest BCUT2D eigenvalue weighted by atomic mass is 9.77. The molecule has 0 bridgehead atoms. The summed E-state index contributed by atoms with van der Waals surface area (Å²) in [6, 6.07) is 37.4. The van der Waals surface area contributed by atoms with E-state index in [9.17, 15) is 10.1 Å². The van der Waals surface area contributed by atoms with Crippen LogP contribution in [0.1, 0.15) is 16.7 Å². The van der Waals surface area contributed by atoms with Gasteiger partial charge in [0.25, 0.3) is 5.69 Å². The molecular weight excluding hydrogens is 410 g/mol. The van der Waals surface area contributed by atoms with Gasteiger partial charge in [-0.1, -0.05) is 103 Å². The van der Waals surface area contributed by atoms with Gasteiger partial charge < -0.3 is 0 Å². The topological polar surface area (TPSA) is 61.0 Å². The Morgan fingerprint density at radius 3 is 1.61 bits per heavy atom. The molecule has 0 unspecified atom stereocenters. The normalized spacial score (nSPS) is 11.3. The summed E-state index contributed by atoms with van der Waals surface area (Å²) in [7, 11) is 0. The Labute approximate surface area is 191 Å². The third-order valence-electron chi connectivity index (χ3n) is 5.91. The summed E-state index contributed by atoms with van der Waals surface area (Å²) in [4.78, 5) is 11.3. The molecule has 0 spiro atoms. The summed E-state index contributed by atoms with van der Waals surface area (Å²) in [5.74, 6) is 0. The second-order valence-electron chi connectivity index (χ2n) is 7.76. The van der Waals surface area contributed by atoms with Crippen LogP contribution in [0.2, 0.25) is 0 Å². The van der Waals surface area contributed by atoms with E-state index in [1.54, 1.807) is 24.4 Å². The van der Waals surface area contributed by atoms with E-state index >= 15 is 0 Å². The molecule has 1 heterocycles. The standard InChI is InChI=1S/C28H21N3O2/c32-31(33)27-19-11-10-18-26(27)22-20-29-30(21-22)28(23-12-4-1-5-13-23,24-14-6-2-7-15-24)25-16-8-3-9-17-25/h1-21H. The smallest absolute Gasteiger partial charge is 0.258 e. The average Bonchev–Trinajstić information content (AvgIpc) is 3.37. The van der Waals surface area contributed by atoms with Crippen molar-refractivity contribution in [2.24, 2.45) is 0 Å². The number of nitrogens with zero attached hydrogens (tertiary/aromatic N) is 3. The fourth-order valence-corrected chi connectivity index (χ4v) is 4.46. The summed E-state index contributed by atoms with van der Waals surface area (Å²) in [5.41, 5.74) is 3.65. The molecule has 5 nitrogen and oxygen atoms in total. The van der Waals surface area contributed by atoms with Gasteiger partial charge in [-0.15, -0.1) is 0 Å². The number of aromatic nitrogens is 2. The van der Waals surface area contributed by atoms with Crippen molar-refractivity contribution in [3.63, 3.8) is 0 Å². The second-order valence-corrected chi connectivity index (χ2v) is 7.76. The largest absolute Gasteiger partial charge is 0.277 e. The molecule has 0 radical (unpaired) electrons. The summed E-state index contributed by atoms with van der Waals surface area (Å²) in [6.45, 7) is 0. The van der Waals surface area contributed by atoms with Crippen LogP contribution in [0.15, 0.2) is 128 Å². The molecular formula is C28H21N3O2. The number of hydrogen-bond donors (Lipinski definition) is 0. The maximum absolute atomic E-state index is 11.6. The van der Waals surface area contributed by atoms with Crippen LogP contribution in [0.25, 0.3) is 11.1 Å². The highest BCUT2D eigenvalue weighted by Crippen LogP contribution is 2.41. The fraction of sp³-hybridized carbons (Fsp3) is 0.0357. The molecule has 160 valence electrons. The summed E-state index contributed by atoms with van der Waals surface area (Å²) in [5, 5.41) is 16.4. The van der Waals surface area contributed by atoms with Crippen molar-refractivity contribution in [2.75, 3.05) is 0 Å². The van der Waals surface area contributed by atoms with Crippen LogP contribution in [0.3, 0.4) is 0 Å². The molecule has 0 saturated carbocycles. The van der Waals surface area contributed by atoms with Gasteiger partial charge in [0.2, 0.25) is 0 Å². The zero-order chi connectivity index (χ0) is 22.7. The fourth-order valence-electron chi connectivity index (χ4n) is 4.46. The lowest BCUT2D eigenvalue weighted by Gasteiger charge is -2.36. The quantitative estimate of drug-likeness (QED) is 0.180. The van der Waals surface area contributed by atoms with E-state index < -0.39 is 5.54 Å². The third kappa shape index (κ3) is 3.49. The molecule has 0 aliphatic rings. The van der Waals surface area contributed by atoms with Gasteiger partial charge in [0.1, 0.15) is 5.54 Å². The van der Waals surface area contributed by atoms with Crippen LogP contribution < -0.4 is 0 Å². The first-order valence-electron chi connectivity index (χ1n) is 10.7. The number of nitro groups is 1. The van der Waals surface area contributed by atoms with E-state index in [4.69, 9.17) is 5.10 Å². The highest BCUT2D eigenvalue weighted by atomic mass is 16.6. The van der Waals surface area contributed by atoms with E-state index in [2.05, 4.69) is 36.4 Å². The van der Waals surface area contributed by atoms with E-state index in [1.165, 1.54) is 6.07 Å². The first-order chi connectivity index (χ1) is 16.2. The van der Waals surface area contributed by atoms with Crippen LogP contribution in [0.5, 0.6) is 0 Å². The Kier molecular flexibility index (Phi) is 5.29. The van der Waals surface area contributed by atoms with Crippen LogP contribution >= 0.6 is 0 Å². The van der Waals surface area contributed by atoms with Gasteiger partial charge in [0.15, 0.2) is 0 Å². The van der Waals surface area contributed by atoms with Crippen LogP contribution in [0, 0.1) is 10.1 Å². The third-order valence-corrected chi connectivity index (χ3v) is 5.91. The number of para-hydroxylation sites is 1. The van der Waals surface area contributed by atoms with Crippen LogP contribution in [-0.2, 0) is 5.54 Å². The van der Waals surface area contributed by atoms with Crippen molar-refractivity contribution in [2.45, 2.75) is 5.54 Å². The van der Waals surface area contributed by atoms with Crippen molar-refractivity contribution < 1.29 is 4.92 Å². The lowest BCUT2D eigenvalue weighted by Crippen LogP contribution is -2.38. The zero-order valence-electron chi connectivity index (χ0n) is 17.8. The molecule has 0 aliphatic heterocycles. The summed E-state index contributed by atoms with van der Waals surface area (Å²) >= 11 is 0. The Morgan fingerprint density at radius 1 is 0.667 bits per heavy atom. The molecule has 4 aromatic carbocycles. The molecule has 0 saturated heterocycles. The minimum absolute atomic E-state index is 0.0572. The predicted octanol–water partition coefficient (Wildman–Crippen LogP) is 6.30. The van der Waals surface area contributed by atoms with E-state index in [0.29, 0.717) is 11.1 Å². The van der Waals surface area contributed by atoms with E-state index in [-0.39, 0.29) is 10.6 Å². The van der Waals surface area contributed by atoms with Crippen molar-refractivity contribution in [3.8, 4) is 11.1 Å². The minimum atomic E-state index is -0.758. The van der Waals surface area contributed by atoms with E-state index in [0.717, 1.165) is 16.7 Å². The SMILES string of the molecule is O=[N+]([O-])c1ccccc1-c1cnn(C(c2ccccc2)(c2ccccc2)c2ccccc2)c1. The molecule has 0 aliphatic carbocycles. The molecule has 0 N–H and O–H groups in total. The summed E-state index contributed by atoms with van der Waals surface area (Å²) < 4.78 is 1.92. The summed E-state index contributed by atoms with van der Waals surface area (Å²) in [6.07, 6.45) is 3.60. The number of nitro benzene ring substituents is 1. The number of rotatable bonds is 6. The Balaban J connectivity index is 1.81. The van der Waals surface area contributed by atoms with Crippen molar-refractivity contribution in [1.82, 2.24) is 9.78 Å². The second kappa shape index (κ2) is 8.55. The van der Waals surface area contributed by atoms with Crippen LogP contribution in [-0.4, -0.2) is 14.7 Å². The Morgan fingerprint density at radius 2 is 1.12 bits per heavy atom. The van der Waals surface area contributed by atoms with Gasteiger partial charge in [-0.25, -0.2) is 0 Å². The first-order valence-corrected chi connectivity index (χ1v) is 10.7. The maximum atomic E-state index is 11.6. The average molecular weight is 431 g/mol. The lowest BCUT2D eigenvalue weighted by molar-refractivity contribution is -0.384. The van der Waals surface area contributed by atoms with Crippen LogP contribution in [0.4, 0.5) is 5.69 Å². The molecule has 1 aromatic heterocycles. The minimum Gasteiger partial charge on any atom is -0.258 e. The van der Waals surface area contributed by atoms with Gasteiger partial charge in [-0.2, -0.15) is 5.10 Å². The Bertz CT molecular complexity index is 1280. The highest BCUT2D eigenvalue weighted by molar-refractivity contribution is 5.72. The molecule has 0 fully saturated rings. The molecule has 0 atom stereocenters. The molecule has 5 heteroatoms. The number of benzene rings is 4. The van der Waals surface area contributed by atoms with Gasteiger partial charge in [0.05, 0.1) is 16.7 Å². The van der Waals surface area contributed by atoms with Crippen molar-refractivity contribution in [3.05, 3.63) is 154 Å². The van der Waals surface area contributed by atoms with Gasteiger partial charge in [-0.05, 0) is 22.8 Å². The van der Waals surface area contributed by atoms with Gasteiger partial charge >= 0.3 is 0 Å². The highest BCUT2D eigenvalue weighted by Gasteiger charge is 2.39. The Hall–Kier alpha value is -4.51. The molecule has 33 heavy (non-hydrogen) atoms. The zero-order valence-corrected chi connectivity index (χ0v) is 17.8. The molecule has 5 rings (SSSR count). The van der Waals surface area contributed by atoms with Gasteiger partial charge in [-0.3, -0.25) is 14.8 Å². The van der Waals surface area contributed by atoms with Gasteiger partial charge in [0, 0.05) is 17.8 Å². The maximum Gasteiger partial charge on any atom is 0.277 e. The monoisotopic (exact) mass is 431 g/mol. The number of hydrogen-bond acceptors (Lipinski definition) is 3. The molecule has 0 amide bonds. The van der Waals surface area contributed by atoms with E-state index in [1.807, 2.05) is 65.5 Å². The van der Waals surface area contributed by atoms with Crippen molar-refractivity contribution in [1.29, 1.82) is 0 Å². The molecule has 5 aromatic rings. The predicted molar refractivity (Wildman–Crippen MR) is 129 cm³/mol. The van der Waals surface area contributed by atoms with Crippen molar-refractivity contribution >= 4 is 5.69 Å².